The number of amidine groups is 1. The van der Waals surface area contributed by atoms with Crippen molar-refractivity contribution in [3.63, 3.8) is 0 Å². The molecule has 1 unspecified atom stereocenters. The van der Waals surface area contributed by atoms with Crippen LogP contribution in [0.5, 0.6) is 0 Å². The fraction of sp³-hybridized carbons (Fsp3) is 0.778. The first-order valence-electron chi connectivity index (χ1n) is 4.44. The van der Waals surface area contributed by atoms with Crippen LogP contribution in [-0.4, -0.2) is 24.1 Å². The average molecular weight is 182 g/mol. The van der Waals surface area contributed by atoms with Crippen LogP contribution in [-0.2, 0) is 0 Å². The fourth-order valence-corrected chi connectivity index (χ4v) is 1.60. The maximum absolute atomic E-state index is 6.31. The standard InChI is InChI=1S/C9H18N4/c1-6-9(10,8(2,3)4)7(11-5)13-12-6/h10H2,1-5H3,(H,11,13). The highest BCUT2D eigenvalue weighted by Crippen LogP contribution is 2.32. The number of hydrogen-bond acceptors (Lipinski definition) is 4. The molecular formula is C9H18N4. The largest absolute Gasteiger partial charge is 0.373 e. The summed E-state index contributed by atoms with van der Waals surface area (Å²) >= 11 is 0. The van der Waals surface area contributed by atoms with Crippen molar-refractivity contribution in [3.8, 4) is 0 Å². The first-order valence-corrected chi connectivity index (χ1v) is 4.44. The average Bonchev–Trinajstić information content (AvgIpc) is 2.29. The molecule has 0 saturated carbocycles. The predicted molar refractivity (Wildman–Crippen MR) is 56.0 cm³/mol. The number of nitrogens with zero attached hydrogens (tertiary/aromatic N) is 2. The van der Waals surface area contributed by atoms with Gasteiger partial charge in [0.2, 0.25) is 0 Å². The van der Waals surface area contributed by atoms with Crippen LogP contribution in [0.1, 0.15) is 27.7 Å². The molecule has 1 aliphatic heterocycles. The van der Waals surface area contributed by atoms with Crippen LogP contribution in [0.2, 0.25) is 0 Å². The SMILES string of the molecule is CNC1=NN=C(C)C1(N)C(C)(C)C. The van der Waals surface area contributed by atoms with Gasteiger partial charge in [0.1, 0.15) is 5.54 Å². The molecule has 1 atom stereocenters. The molecule has 0 aromatic carbocycles. The highest BCUT2D eigenvalue weighted by molar-refractivity contribution is 6.17. The molecule has 0 saturated heterocycles. The van der Waals surface area contributed by atoms with Crippen LogP contribution >= 0.6 is 0 Å². The van der Waals surface area contributed by atoms with E-state index in [2.05, 4.69) is 36.3 Å². The third-order valence-corrected chi connectivity index (χ3v) is 2.66. The van der Waals surface area contributed by atoms with E-state index >= 15 is 0 Å². The van der Waals surface area contributed by atoms with Crippen molar-refractivity contribution in [2.24, 2.45) is 21.4 Å². The van der Waals surface area contributed by atoms with Gasteiger partial charge in [0, 0.05) is 7.05 Å². The predicted octanol–water partition coefficient (Wildman–Crippen LogP) is 0.737. The summed E-state index contributed by atoms with van der Waals surface area (Å²) in [5, 5.41) is 11.1. The second-order valence-electron chi connectivity index (χ2n) is 4.44. The molecule has 4 heteroatoms. The van der Waals surface area contributed by atoms with Gasteiger partial charge in [-0.2, -0.15) is 5.10 Å². The van der Waals surface area contributed by atoms with Gasteiger partial charge in [-0.3, -0.25) is 0 Å². The van der Waals surface area contributed by atoms with E-state index in [4.69, 9.17) is 5.73 Å². The minimum atomic E-state index is -0.554. The summed E-state index contributed by atoms with van der Waals surface area (Å²) in [6.07, 6.45) is 0. The Morgan fingerprint density at radius 2 is 1.85 bits per heavy atom. The topological polar surface area (TPSA) is 62.8 Å². The number of rotatable bonds is 0. The van der Waals surface area contributed by atoms with Gasteiger partial charge in [0.25, 0.3) is 0 Å². The van der Waals surface area contributed by atoms with Gasteiger partial charge in [0.15, 0.2) is 5.84 Å². The molecule has 13 heavy (non-hydrogen) atoms. The Kier molecular flexibility index (Phi) is 2.20. The number of nitrogens with two attached hydrogens (primary N) is 1. The minimum absolute atomic E-state index is 0.0844. The highest BCUT2D eigenvalue weighted by Gasteiger charge is 2.48. The molecular weight excluding hydrogens is 164 g/mol. The van der Waals surface area contributed by atoms with Crippen molar-refractivity contribution in [1.29, 1.82) is 0 Å². The molecule has 0 aliphatic carbocycles. The van der Waals surface area contributed by atoms with Crippen LogP contribution in [0.3, 0.4) is 0 Å². The lowest BCUT2D eigenvalue weighted by Gasteiger charge is -2.38. The van der Waals surface area contributed by atoms with Crippen LogP contribution in [0.25, 0.3) is 0 Å². The molecule has 0 radical (unpaired) electrons. The molecule has 0 spiro atoms. The maximum Gasteiger partial charge on any atom is 0.151 e. The van der Waals surface area contributed by atoms with E-state index in [1.807, 2.05) is 14.0 Å². The quantitative estimate of drug-likeness (QED) is 0.580. The molecule has 1 heterocycles. The zero-order chi connectivity index (χ0) is 10.3. The lowest BCUT2D eigenvalue weighted by atomic mass is 9.71. The third kappa shape index (κ3) is 1.25. The molecule has 0 aromatic rings. The maximum atomic E-state index is 6.31. The van der Waals surface area contributed by atoms with E-state index in [1.165, 1.54) is 0 Å². The van der Waals surface area contributed by atoms with Crippen LogP contribution in [0, 0.1) is 5.41 Å². The van der Waals surface area contributed by atoms with Gasteiger partial charge in [0.05, 0.1) is 5.71 Å². The van der Waals surface area contributed by atoms with E-state index in [9.17, 15) is 0 Å². The first-order chi connectivity index (χ1) is 5.84. The lowest BCUT2D eigenvalue weighted by Crippen LogP contribution is -2.64. The van der Waals surface area contributed by atoms with E-state index in [1.54, 1.807) is 0 Å². The molecule has 0 bridgehead atoms. The van der Waals surface area contributed by atoms with Gasteiger partial charge < -0.3 is 11.1 Å². The van der Waals surface area contributed by atoms with E-state index < -0.39 is 5.54 Å². The van der Waals surface area contributed by atoms with E-state index in [0.29, 0.717) is 0 Å². The Hall–Kier alpha value is -0.900. The number of hydrogen-bond donors (Lipinski definition) is 2. The Morgan fingerprint density at radius 1 is 1.31 bits per heavy atom. The second-order valence-corrected chi connectivity index (χ2v) is 4.44. The van der Waals surface area contributed by atoms with Gasteiger partial charge in [-0.15, -0.1) is 5.10 Å². The van der Waals surface area contributed by atoms with Gasteiger partial charge in [-0.1, -0.05) is 20.8 Å². The summed E-state index contributed by atoms with van der Waals surface area (Å²) < 4.78 is 0. The molecule has 4 nitrogen and oxygen atoms in total. The Morgan fingerprint density at radius 3 is 2.15 bits per heavy atom. The lowest BCUT2D eigenvalue weighted by molar-refractivity contribution is 0.329. The fourth-order valence-electron chi connectivity index (χ4n) is 1.60. The smallest absolute Gasteiger partial charge is 0.151 e. The van der Waals surface area contributed by atoms with Gasteiger partial charge in [-0.25, -0.2) is 0 Å². The summed E-state index contributed by atoms with van der Waals surface area (Å²) in [5.41, 5.74) is 6.54. The summed E-state index contributed by atoms with van der Waals surface area (Å²) in [5.74, 6) is 0.748. The van der Waals surface area contributed by atoms with E-state index in [-0.39, 0.29) is 5.41 Å². The monoisotopic (exact) mass is 182 g/mol. The summed E-state index contributed by atoms with van der Waals surface area (Å²) in [6, 6.07) is 0. The normalized spacial score (nSPS) is 28.5. The zero-order valence-corrected chi connectivity index (χ0v) is 8.97. The van der Waals surface area contributed by atoms with Crippen molar-refractivity contribution >= 4 is 11.5 Å². The zero-order valence-electron chi connectivity index (χ0n) is 8.97. The number of nitrogens with one attached hydrogen (secondary N) is 1. The van der Waals surface area contributed by atoms with Crippen LogP contribution in [0.15, 0.2) is 10.2 Å². The van der Waals surface area contributed by atoms with Crippen molar-refractivity contribution < 1.29 is 0 Å². The van der Waals surface area contributed by atoms with Crippen LogP contribution in [0.4, 0.5) is 0 Å². The summed E-state index contributed by atoms with van der Waals surface area (Å²) in [4.78, 5) is 0. The summed E-state index contributed by atoms with van der Waals surface area (Å²) in [7, 11) is 1.82. The molecule has 3 N–H and O–H groups in total. The molecule has 1 aliphatic rings. The third-order valence-electron chi connectivity index (χ3n) is 2.66. The van der Waals surface area contributed by atoms with Crippen molar-refractivity contribution in [2.45, 2.75) is 33.2 Å². The molecule has 0 aromatic heterocycles. The Bertz CT molecular complexity index is 272. The van der Waals surface area contributed by atoms with E-state index in [0.717, 1.165) is 11.5 Å². The first kappa shape index (κ1) is 10.2. The second kappa shape index (κ2) is 2.80. The van der Waals surface area contributed by atoms with Crippen molar-refractivity contribution in [1.82, 2.24) is 5.32 Å². The Labute approximate surface area is 79.3 Å². The van der Waals surface area contributed by atoms with Gasteiger partial charge >= 0.3 is 0 Å². The summed E-state index contributed by atoms with van der Waals surface area (Å²) in [6.45, 7) is 8.18. The Balaban J connectivity index is 3.14. The molecule has 0 amide bonds. The molecule has 0 fully saturated rings. The van der Waals surface area contributed by atoms with Crippen molar-refractivity contribution in [3.05, 3.63) is 0 Å². The highest BCUT2D eigenvalue weighted by atomic mass is 15.3. The number of likely N-dealkylation sites (N-methyl/N-ethyl adjacent to an activating group) is 1. The molecule has 74 valence electrons. The van der Waals surface area contributed by atoms with Gasteiger partial charge in [-0.05, 0) is 12.3 Å². The minimum Gasteiger partial charge on any atom is -0.373 e. The van der Waals surface area contributed by atoms with Crippen molar-refractivity contribution in [2.75, 3.05) is 7.05 Å². The van der Waals surface area contributed by atoms with Crippen LogP contribution < -0.4 is 11.1 Å². The molecule has 1 rings (SSSR count).